The first-order chi connectivity index (χ1) is 27.6. The normalized spacial score (nSPS) is 13.1. The number of esters is 2. The van der Waals surface area contributed by atoms with Gasteiger partial charge >= 0.3 is 17.9 Å². The van der Waals surface area contributed by atoms with E-state index in [4.69, 9.17) is 14.2 Å². The molecule has 334 valence electrons. The fourth-order valence-electron chi connectivity index (χ4n) is 7.12. The molecule has 0 aliphatic carbocycles. The fourth-order valence-corrected chi connectivity index (χ4v) is 7.12. The highest BCUT2D eigenvalue weighted by atomic mass is 16.6. The van der Waals surface area contributed by atoms with Gasteiger partial charge in [-0.15, -0.1) is 0 Å². The molecule has 8 nitrogen and oxygen atoms in total. The highest BCUT2D eigenvalue weighted by Gasteiger charge is 2.31. The van der Waals surface area contributed by atoms with Crippen LogP contribution >= 0.6 is 0 Å². The second-order valence-corrected chi connectivity index (χ2v) is 17.4. The van der Waals surface area contributed by atoms with Crippen LogP contribution in [0.1, 0.15) is 219 Å². The van der Waals surface area contributed by atoms with E-state index in [0.717, 1.165) is 51.4 Å². The zero-order valence-corrected chi connectivity index (χ0v) is 38.1. The Kier molecular flexibility index (Phi) is 39.0. The summed E-state index contributed by atoms with van der Waals surface area (Å²) >= 11 is 0. The molecule has 2 unspecified atom stereocenters. The number of carboxylic acids is 1. The first-order valence-electron chi connectivity index (χ1n) is 23.9. The smallest absolute Gasteiger partial charge is 0.362 e. The minimum absolute atomic E-state index is 0.0496. The van der Waals surface area contributed by atoms with Crippen molar-refractivity contribution in [3.63, 3.8) is 0 Å². The third kappa shape index (κ3) is 39.1. The van der Waals surface area contributed by atoms with Crippen molar-refractivity contribution in [2.75, 3.05) is 41.0 Å². The quantitative estimate of drug-likeness (QED) is 0.0283. The van der Waals surface area contributed by atoms with Gasteiger partial charge in [0, 0.05) is 19.3 Å². The number of hydrogen-bond donors (Lipinski definition) is 1. The molecular weight excluding hydrogens is 715 g/mol. The van der Waals surface area contributed by atoms with Gasteiger partial charge in [-0.05, 0) is 44.9 Å². The molecule has 0 spiro atoms. The van der Waals surface area contributed by atoms with E-state index in [2.05, 4.69) is 38.2 Å². The number of aliphatic carboxylic acids is 1. The van der Waals surface area contributed by atoms with Crippen LogP contribution in [0.5, 0.6) is 0 Å². The molecule has 0 rings (SSSR count). The first-order valence-corrected chi connectivity index (χ1v) is 23.9. The summed E-state index contributed by atoms with van der Waals surface area (Å²) in [6.45, 7) is 4.74. The van der Waals surface area contributed by atoms with Crippen LogP contribution in [0, 0.1) is 0 Å². The van der Waals surface area contributed by atoms with Gasteiger partial charge in [0.1, 0.15) is 6.61 Å². The molecule has 0 aromatic rings. The summed E-state index contributed by atoms with van der Waals surface area (Å²) in [5.41, 5.74) is 0. The Hall–Kier alpha value is -2.19. The van der Waals surface area contributed by atoms with E-state index in [0.29, 0.717) is 19.3 Å². The monoisotopic (exact) mass is 807 g/mol. The molecule has 0 saturated carbocycles. The lowest BCUT2D eigenvalue weighted by atomic mass is 10.0. The van der Waals surface area contributed by atoms with Gasteiger partial charge in [-0.3, -0.25) is 9.59 Å². The Bertz CT molecular complexity index is 989. The predicted octanol–water partition coefficient (Wildman–Crippen LogP) is 13.3. The van der Waals surface area contributed by atoms with Gasteiger partial charge < -0.3 is 23.8 Å². The summed E-state index contributed by atoms with van der Waals surface area (Å²) in [4.78, 5) is 37.0. The van der Waals surface area contributed by atoms with Crippen LogP contribution < -0.4 is 0 Å². The second kappa shape index (κ2) is 40.6. The third-order valence-corrected chi connectivity index (χ3v) is 10.9. The molecule has 0 aliphatic heterocycles. The van der Waals surface area contributed by atoms with Crippen molar-refractivity contribution in [1.29, 1.82) is 0 Å². The predicted molar refractivity (Wildman–Crippen MR) is 238 cm³/mol. The van der Waals surface area contributed by atoms with E-state index in [1.165, 1.54) is 135 Å². The molecule has 2 atom stereocenters. The number of rotatable bonds is 43. The van der Waals surface area contributed by atoms with Gasteiger partial charge in [0.15, 0.2) is 12.1 Å². The molecule has 0 aromatic heterocycles. The highest BCUT2D eigenvalue weighted by molar-refractivity contribution is 5.72. The summed E-state index contributed by atoms with van der Waals surface area (Å²) in [7, 11) is 5.53. The van der Waals surface area contributed by atoms with E-state index in [1.807, 2.05) is 21.1 Å². The lowest BCUT2D eigenvalue weighted by molar-refractivity contribution is -0.887. The SMILES string of the molecule is CCCCCC/C=C\C/C=C\CCCCCCCCCC(=O)OC(COCCC(C(=O)O)[N+](C)(C)C)COC(=O)CCCCCCCCCCCCCCCCC. The number of carboxylic acid groups (broad SMARTS) is 1. The maximum atomic E-state index is 12.8. The average molecular weight is 807 g/mol. The van der Waals surface area contributed by atoms with Crippen LogP contribution in [0.25, 0.3) is 0 Å². The maximum absolute atomic E-state index is 12.8. The zero-order chi connectivity index (χ0) is 42.1. The summed E-state index contributed by atoms with van der Waals surface area (Å²) in [5.74, 6) is -1.46. The summed E-state index contributed by atoms with van der Waals surface area (Å²) < 4.78 is 17.3. The molecule has 8 heteroatoms. The Morgan fingerprint density at radius 3 is 1.37 bits per heavy atom. The summed E-state index contributed by atoms with van der Waals surface area (Å²) in [6.07, 6.45) is 45.0. The number of quaternary nitrogens is 1. The standard InChI is InChI=1S/C49H91NO7/c1-6-8-10-12-14-16-18-20-22-23-24-26-28-30-32-34-36-38-40-48(52)57-45(43-55-42-41-46(49(53)54)50(3,4)5)44-56-47(51)39-37-35-33-31-29-27-25-21-19-17-15-13-11-9-7-2/h16,18,22-23,45-46H,6-15,17,19-21,24-44H2,1-5H3/p+1/b18-16-,23-22-. The molecule has 57 heavy (non-hydrogen) atoms. The summed E-state index contributed by atoms with van der Waals surface area (Å²) in [5, 5.41) is 9.63. The number of likely N-dealkylation sites (N-methyl/N-ethyl adjacent to an activating group) is 1. The van der Waals surface area contributed by atoms with Crippen LogP contribution in [0.3, 0.4) is 0 Å². The molecule has 0 heterocycles. The van der Waals surface area contributed by atoms with Crippen molar-refractivity contribution >= 4 is 17.9 Å². The van der Waals surface area contributed by atoms with E-state index in [9.17, 15) is 19.5 Å². The Balaban J connectivity index is 4.29. The fraction of sp³-hybridized carbons (Fsp3) is 0.857. The second-order valence-electron chi connectivity index (χ2n) is 17.4. The molecule has 0 fully saturated rings. The van der Waals surface area contributed by atoms with Crippen LogP contribution in [0.4, 0.5) is 0 Å². The van der Waals surface area contributed by atoms with E-state index in [-0.39, 0.29) is 36.2 Å². The van der Waals surface area contributed by atoms with Crippen molar-refractivity contribution in [2.45, 2.75) is 231 Å². The van der Waals surface area contributed by atoms with Crippen LogP contribution in [-0.2, 0) is 28.6 Å². The van der Waals surface area contributed by atoms with Gasteiger partial charge in [0.2, 0.25) is 0 Å². The lowest BCUT2D eigenvalue weighted by Gasteiger charge is -2.31. The number of carbonyl (C=O) groups excluding carboxylic acids is 2. The lowest BCUT2D eigenvalue weighted by Crippen LogP contribution is -2.50. The Labute approximate surface area is 351 Å². The van der Waals surface area contributed by atoms with Crippen molar-refractivity contribution in [2.24, 2.45) is 0 Å². The average Bonchev–Trinajstić information content (AvgIpc) is 3.17. The van der Waals surface area contributed by atoms with Gasteiger partial charge in [-0.25, -0.2) is 4.79 Å². The minimum Gasteiger partial charge on any atom is -0.477 e. The van der Waals surface area contributed by atoms with Gasteiger partial charge in [-0.1, -0.05) is 179 Å². The van der Waals surface area contributed by atoms with Crippen LogP contribution in [0.15, 0.2) is 24.3 Å². The van der Waals surface area contributed by atoms with E-state index >= 15 is 0 Å². The zero-order valence-electron chi connectivity index (χ0n) is 38.1. The largest absolute Gasteiger partial charge is 0.477 e. The molecular formula is C49H92NO7+. The van der Waals surface area contributed by atoms with Crippen LogP contribution in [-0.4, -0.2) is 80.6 Å². The highest BCUT2D eigenvalue weighted by Crippen LogP contribution is 2.15. The maximum Gasteiger partial charge on any atom is 0.362 e. The van der Waals surface area contributed by atoms with Crippen molar-refractivity contribution in [1.82, 2.24) is 0 Å². The molecule has 0 aliphatic rings. The molecule has 1 N–H and O–H groups in total. The number of hydrogen-bond acceptors (Lipinski definition) is 6. The molecule has 0 bridgehead atoms. The van der Waals surface area contributed by atoms with E-state index in [1.54, 1.807) is 0 Å². The molecule has 0 aromatic carbocycles. The van der Waals surface area contributed by atoms with Gasteiger partial charge in [0.05, 0.1) is 34.4 Å². The minimum atomic E-state index is -0.874. The van der Waals surface area contributed by atoms with Crippen molar-refractivity contribution in [3.05, 3.63) is 24.3 Å². The van der Waals surface area contributed by atoms with Gasteiger partial charge in [-0.2, -0.15) is 0 Å². The topological polar surface area (TPSA) is 99.1 Å². The number of allylic oxidation sites excluding steroid dienone is 4. The van der Waals surface area contributed by atoms with Gasteiger partial charge in [0.25, 0.3) is 0 Å². The van der Waals surface area contributed by atoms with Crippen LogP contribution in [0.2, 0.25) is 0 Å². The molecule has 0 amide bonds. The Morgan fingerprint density at radius 1 is 0.526 bits per heavy atom. The van der Waals surface area contributed by atoms with Crippen molar-refractivity contribution < 1.29 is 38.2 Å². The molecule has 0 radical (unpaired) electrons. The third-order valence-electron chi connectivity index (χ3n) is 10.9. The van der Waals surface area contributed by atoms with E-state index < -0.39 is 18.1 Å². The number of carbonyl (C=O) groups is 3. The first kappa shape index (κ1) is 54.8. The Morgan fingerprint density at radius 2 is 0.930 bits per heavy atom. The number of unbranched alkanes of at least 4 members (excludes halogenated alkanes) is 25. The number of ether oxygens (including phenoxy) is 3. The number of nitrogens with zero attached hydrogens (tertiary/aromatic N) is 1. The molecule has 0 saturated heterocycles. The summed E-state index contributed by atoms with van der Waals surface area (Å²) in [6, 6.07) is -0.613. The van der Waals surface area contributed by atoms with Crippen molar-refractivity contribution in [3.8, 4) is 0 Å².